The van der Waals surface area contributed by atoms with E-state index in [9.17, 15) is 4.79 Å². The molecule has 0 aliphatic rings. The summed E-state index contributed by atoms with van der Waals surface area (Å²) in [5.74, 6) is 0.944. The SMILES string of the molecule is COc1ccc(-n2cnnc2SCC(=O)Nc2cccc(I)c2)cc1. The summed E-state index contributed by atoms with van der Waals surface area (Å²) < 4.78 is 8.07. The maximum Gasteiger partial charge on any atom is 0.234 e. The molecule has 128 valence electrons. The van der Waals surface area contributed by atoms with Gasteiger partial charge in [-0.05, 0) is 65.1 Å². The lowest BCUT2D eigenvalue weighted by Gasteiger charge is -2.08. The number of hydrogen-bond donors (Lipinski definition) is 1. The summed E-state index contributed by atoms with van der Waals surface area (Å²) in [6.07, 6.45) is 1.63. The first-order valence-electron chi connectivity index (χ1n) is 7.38. The lowest BCUT2D eigenvalue weighted by Crippen LogP contribution is -2.14. The van der Waals surface area contributed by atoms with Crippen LogP contribution in [0, 0.1) is 3.57 Å². The van der Waals surface area contributed by atoms with E-state index in [4.69, 9.17) is 4.74 Å². The summed E-state index contributed by atoms with van der Waals surface area (Å²) in [5.41, 5.74) is 1.69. The van der Waals surface area contributed by atoms with Gasteiger partial charge in [0.25, 0.3) is 0 Å². The Balaban J connectivity index is 1.64. The fourth-order valence-electron chi connectivity index (χ4n) is 2.14. The standard InChI is InChI=1S/C17H15IN4O2S/c1-24-15-7-5-14(6-8-15)22-11-19-21-17(22)25-10-16(23)20-13-4-2-3-12(18)9-13/h2-9,11H,10H2,1H3,(H,20,23). The quantitative estimate of drug-likeness (QED) is 0.444. The zero-order valence-electron chi connectivity index (χ0n) is 13.3. The number of benzene rings is 2. The van der Waals surface area contributed by atoms with Crippen molar-refractivity contribution >= 4 is 45.9 Å². The number of halogens is 1. The summed E-state index contributed by atoms with van der Waals surface area (Å²) in [7, 11) is 1.63. The summed E-state index contributed by atoms with van der Waals surface area (Å²) in [4.78, 5) is 12.1. The minimum atomic E-state index is -0.0868. The maximum absolute atomic E-state index is 12.1. The van der Waals surface area contributed by atoms with E-state index < -0.39 is 0 Å². The lowest BCUT2D eigenvalue weighted by molar-refractivity contribution is -0.113. The highest BCUT2D eigenvalue weighted by Crippen LogP contribution is 2.22. The normalized spacial score (nSPS) is 10.5. The number of anilines is 1. The fraction of sp³-hybridized carbons (Fsp3) is 0.118. The van der Waals surface area contributed by atoms with Crippen LogP contribution in [0.15, 0.2) is 60.0 Å². The second kappa shape index (κ2) is 8.34. The summed E-state index contributed by atoms with van der Waals surface area (Å²) >= 11 is 3.55. The molecule has 3 aromatic rings. The van der Waals surface area contributed by atoms with Crippen LogP contribution >= 0.6 is 34.4 Å². The second-order valence-electron chi connectivity index (χ2n) is 5.03. The first kappa shape index (κ1) is 17.7. The topological polar surface area (TPSA) is 69.0 Å². The van der Waals surface area contributed by atoms with Gasteiger partial charge in [0.2, 0.25) is 5.91 Å². The Kier molecular flexibility index (Phi) is 5.92. The van der Waals surface area contributed by atoms with Crippen molar-refractivity contribution in [1.82, 2.24) is 14.8 Å². The van der Waals surface area contributed by atoms with Crippen LogP contribution in [0.5, 0.6) is 5.75 Å². The van der Waals surface area contributed by atoms with E-state index in [1.165, 1.54) is 11.8 Å². The highest BCUT2D eigenvalue weighted by molar-refractivity contribution is 14.1. The lowest BCUT2D eigenvalue weighted by atomic mass is 10.3. The van der Waals surface area contributed by atoms with Crippen LogP contribution in [0.25, 0.3) is 5.69 Å². The van der Waals surface area contributed by atoms with Gasteiger partial charge in [0.05, 0.1) is 12.9 Å². The van der Waals surface area contributed by atoms with Gasteiger partial charge in [0, 0.05) is 14.9 Å². The first-order valence-corrected chi connectivity index (χ1v) is 9.45. The number of carbonyl (C=O) groups excluding carboxylic acids is 1. The molecule has 0 saturated heterocycles. The van der Waals surface area contributed by atoms with Gasteiger partial charge in [-0.25, -0.2) is 0 Å². The number of nitrogens with zero attached hydrogens (tertiary/aromatic N) is 3. The molecule has 0 unspecified atom stereocenters. The number of ether oxygens (including phenoxy) is 1. The largest absolute Gasteiger partial charge is 0.497 e. The van der Waals surface area contributed by atoms with Crippen molar-refractivity contribution in [3.63, 3.8) is 0 Å². The Morgan fingerprint density at radius 3 is 2.80 bits per heavy atom. The van der Waals surface area contributed by atoms with Crippen molar-refractivity contribution in [2.24, 2.45) is 0 Å². The van der Waals surface area contributed by atoms with Gasteiger partial charge in [-0.3, -0.25) is 9.36 Å². The zero-order valence-corrected chi connectivity index (χ0v) is 16.3. The van der Waals surface area contributed by atoms with Crippen LogP contribution in [-0.2, 0) is 4.79 Å². The third-order valence-corrected chi connectivity index (χ3v) is 4.92. The van der Waals surface area contributed by atoms with Gasteiger partial charge in [0.1, 0.15) is 12.1 Å². The summed E-state index contributed by atoms with van der Waals surface area (Å²) in [6, 6.07) is 15.2. The van der Waals surface area contributed by atoms with E-state index >= 15 is 0 Å². The number of carbonyl (C=O) groups is 1. The predicted octanol–water partition coefficient (Wildman–Crippen LogP) is 3.61. The Hall–Kier alpha value is -2.07. The van der Waals surface area contributed by atoms with Gasteiger partial charge >= 0.3 is 0 Å². The smallest absolute Gasteiger partial charge is 0.234 e. The van der Waals surface area contributed by atoms with Crippen LogP contribution in [0.1, 0.15) is 0 Å². The molecule has 0 saturated carbocycles. The molecule has 1 N–H and O–H groups in total. The van der Waals surface area contributed by atoms with Crippen molar-refractivity contribution in [2.45, 2.75) is 5.16 Å². The van der Waals surface area contributed by atoms with E-state index in [2.05, 4.69) is 38.1 Å². The van der Waals surface area contributed by atoms with Crippen LogP contribution in [0.3, 0.4) is 0 Å². The number of hydrogen-bond acceptors (Lipinski definition) is 5. The molecule has 6 nitrogen and oxygen atoms in total. The molecule has 0 aliphatic heterocycles. The van der Waals surface area contributed by atoms with E-state index in [1.54, 1.807) is 13.4 Å². The van der Waals surface area contributed by atoms with Crippen LogP contribution < -0.4 is 10.1 Å². The number of nitrogens with one attached hydrogen (secondary N) is 1. The molecule has 0 bridgehead atoms. The minimum absolute atomic E-state index is 0.0868. The number of methoxy groups -OCH3 is 1. The van der Waals surface area contributed by atoms with E-state index in [0.717, 1.165) is 20.7 Å². The molecule has 25 heavy (non-hydrogen) atoms. The summed E-state index contributed by atoms with van der Waals surface area (Å²) in [5, 5.41) is 11.6. The van der Waals surface area contributed by atoms with E-state index in [0.29, 0.717) is 5.16 Å². The first-order chi connectivity index (χ1) is 12.2. The number of rotatable bonds is 6. The Morgan fingerprint density at radius 1 is 1.28 bits per heavy atom. The van der Waals surface area contributed by atoms with Crippen molar-refractivity contribution < 1.29 is 9.53 Å². The van der Waals surface area contributed by atoms with Gasteiger partial charge in [-0.2, -0.15) is 0 Å². The number of aromatic nitrogens is 3. The minimum Gasteiger partial charge on any atom is -0.497 e. The van der Waals surface area contributed by atoms with Crippen molar-refractivity contribution in [2.75, 3.05) is 18.2 Å². The van der Waals surface area contributed by atoms with Gasteiger partial charge in [-0.15, -0.1) is 10.2 Å². The second-order valence-corrected chi connectivity index (χ2v) is 7.22. The van der Waals surface area contributed by atoms with Crippen LogP contribution in [0.4, 0.5) is 5.69 Å². The molecule has 0 fully saturated rings. The van der Waals surface area contributed by atoms with Crippen molar-refractivity contribution in [1.29, 1.82) is 0 Å². The van der Waals surface area contributed by atoms with Gasteiger partial charge in [-0.1, -0.05) is 17.8 Å². The number of amides is 1. The summed E-state index contributed by atoms with van der Waals surface area (Å²) in [6.45, 7) is 0. The van der Waals surface area contributed by atoms with E-state index in [1.807, 2.05) is 53.1 Å². The molecule has 1 amide bonds. The molecule has 1 aromatic heterocycles. The molecule has 8 heteroatoms. The highest BCUT2D eigenvalue weighted by atomic mass is 127. The third kappa shape index (κ3) is 4.73. The molecule has 0 aliphatic carbocycles. The molecular formula is C17H15IN4O2S. The molecule has 0 atom stereocenters. The Morgan fingerprint density at radius 2 is 2.08 bits per heavy atom. The Bertz CT molecular complexity index is 867. The zero-order chi connectivity index (χ0) is 17.6. The average Bonchev–Trinajstić information content (AvgIpc) is 3.08. The monoisotopic (exact) mass is 466 g/mol. The molecule has 2 aromatic carbocycles. The molecule has 0 radical (unpaired) electrons. The van der Waals surface area contributed by atoms with Crippen molar-refractivity contribution in [3.8, 4) is 11.4 Å². The fourth-order valence-corrected chi connectivity index (χ4v) is 3.41. The van der Waals surface area contributed by atoms with Crippen molar-refractivity contribution in [3.05, 3.63) is 58.4 Å². The Labute approximate surface area is 163 Å². The third-order valence-electron chi connectivity index (χ3n) is 3.31. The predicted molar refractivity (Wildman–Crippen MR) is 106 cm³/mol. The molecule has 0 spiro atoms. The van der Waals surface area contributed by atoms with Gasteiger partial charge < -0.3 is 10.1 Å². The molecule has 1 heterocycles. The highest BCUT2D eigenvalue weighted by Gasteiger charge is 2.10. The van der Waals surface area contributed by atoms with Crippen LogP contribution in [0.2, 0.25) is 0 Å². The average molecular weight is 466 g/mol. The number of thioether (sulfide) groups is 1. The van der Waals surface area contributed by atoms with Crippen LogP contribution in [-0.4, -0.2) is 33.5 Å². The molecular weight excluding hydrogens is 451 g/mol. The molecule has 3 rings (SSSR count). The van der Waals surface area contributed by atoms with E-state index in [-0.39, 0.29) is 11.7 Å². The maximum atomic E-state index is 12.1. The van der Waals surface area contributed by atoms with Gasteiger partial charge in [0.15, 0.2) is 5.16 Å².